The third kappa shape index (κ3) is 12.2. The SMILES string of the molecule is COC1COCCCC1NC(=O)OC(C)(C)C.Cn1cc(NC(=O)c2nc(Br)sc2NC(=O)OC(C)(C)C)cn1. The Balaban J connectivity index is 0.000000294. The Bertz CT molecular complexity index is 1140. The molecule has 15 heteroatoms. The van der Waals surface area contributed by atoms with Crippen molar-refractivity contribution in [2.24, 2.45) is 7.05 Å². The number of alkyl carbamates (subject to hydrolysis) is 1. The fourth-order valence-corrected chi connectivity index (χ4v) is 4.71. The van der Waals surface area contributed by atoms with Crippen LogP contribution in [0.25, 0.3) is 0 Å². The summed E-state index contributed by atoms with van der Waals surface area (Å²) in [6, 6.07) is -0.0441. The molecule has 2 unspecified atom stereocenters. The van der Waals surface area contributed by atoms with Crippen LogP contribution in [0.1, 0.15) is 64.9 Å². The van der Waals surface area contributed by atoms with Crippen LogP contribution in [0.4, 0.5) is 20.3 Å². The Kier molecular flexibility index (Phi) is 12.3. The molecule has 224 valence electrons. The third-order valence-electron chi connectivity index (χ3n) is 4.93. The molecule has 2 aromatic heterocycles. The quantitative estimate of drug-likeness (QED) is 0.409. The van der Waals surface area contributed by atoms with E-state index in [1.165, 1.54) is 6.20 Å². The molecular formula is C25H39BrN6O7S. The summed E-state index contributed by atoms with van der Waals surface area (Å²) in [5.74, 6) is -0.453. The fourth-order valence-electron chi connectivity index (χ4n) is 3.37. The van der Waals surface area contributed by atoms with E-state index in [0.29, 0.717) is 27.8 Å². The highest BCUT2D eigenvalue weighted by atomic mass is 79.9. The summed E-state index contributed by atoms with van der Waals surface area (Å²) in [6.07, 6.45) is 3.78. The number of carbonyl (C=O) groups excluding carboxylic acids is 3. The first-order chi connectivity index (χ1) is 18.6. The van der Waals surface area contributed by atoms with Gasteiger partial charge in [-0.15, -0.1) is 0 Å². The predicted octanol–water partition coefficient (Wildman–Crippen LogP) is 4.94. The van der Waals surface area contributed by atoms with Crippen LogP contribution in [0.2, 0.25) is 0 Å². The monoisotopic (exact) mass is 646 g/mol. The third-order valence-corrected chi connectivity index (χ3v) is 6.36. The number of rotatable bonds is 5. The molecule has 0 aliphatic carbocycles. The topological polar surface area (TPSA) is 155 Å². The van der Waals surface area contributed by atoms with Gasteiger partial charge in [0.25, 0.3) is 5.91 Å². The maximum atomic E-state index is 12.3. The number of methoxy groups -OCH3 is 1. The maximum absolute atomic E-state index is 12.3. The van der Waals surface area contributed by atoms with Gasteiger partial charge in [0.05, 0.1) is 24.5 Å². The number of amides is 3. The van der Waals surface area contributed by atoms with Gasteiger partial charge in [0.2, 0.25) is 0 Å². The summed E-state index contributed by atoms with van der Waals surface area (Å²) >= 11 is 4.34. The van der Waals surface area contributed by atoms with E-state index in [2.05, 4.69) is 42.0 Å². The van der Waals surface area contributed by atoms with Crippen molar-refractivity contribution in [3.05, 3.63) is 22.0 Å². The van der Waals surface area contributed by atoms with Gasteiger partial charge in [-0.25, -0.2) is 14.6 Å². The van der Waals surface area contributed by atoms with Crippen LogP contribution in [-0.2, 0) is 26.0 Å². The summed E-state index contributed by atoms with van der Waals surface area (Å²) in [5.41, 5.74) is -0.487. The van der Waals surface area contributed by atoms with Crippen molar-refractivity contribution in [1.82, 2.24) is 20.1 Å². The van der Waals surface area contributed by atoms with Crippen LogP contribution in [0.15, 0.2) is 16.3 Å². The smallest absolute Gasteiger partial charge is 0.412 e. The molecule has 0 aromatic carbocycles. The number of nitrogens with zero attached hydrogens (tertiary/aromatic N) is 3. The first kappa shape index (κ1) is 33.5. The van der Waals surface area contributed by atoms with Crippen molar-refractivity contribution in [1.29, 1.82) is 0 Å². The largest absolute Gasteiger partial charge is 0.444 e. The van der Waals surface area contributed by atoms with E-state index >= 15 is 0 Å². The molecule has 1 aliphatic rings. The number of halogens is 1. The molecular weight excluding hydrogens is 608 g/mol. The molecule has 3 N–H and O–H groups in total. The number of thiazole rings is 1. The van der Waals surface area contributed by atoms with Gasteiger partial charge in [-0.3, -0.25) is 14.8 Å². The number of ether oxygens (including phenoxy) is 4. The minimum Gasteiger partial charge on any atom is -0.444 e. The second-order valence-electron chi connectivity index (χ2n) is 10.9. The van der Waals surface area contributed by atoms with Gasteiger partial charge in [-0.2, -0.15) is 5.10 Å². The van der Waals surface area contributed by atoms with Gasteiger partial charge in [0.15, 0.2) is 9.61 Å². The Morgan fingerprint density at radius 2 is 1.75 bits per heavy atom. The normalized spacial score (nSPS) is 17.5. The first-order valence-corrected chi connectivity index (χ1v) is 14.2. The Hall–Kier alpha value is -2.75. The lowest BCUT2D eigenvalue weighted by molar-refractivity contribution is 0.000239. The summed E-state index contributed by atoms with van der Waals surface area (Å²) in [4.78, 5) is 39.9. The van der Waals surface area contributed by atoms with Crippen LogP contribution in [0, 0.1) is 0 Å². The van der Waals surface area contributed by atoms with Gasteiger partial charge in [-0.05, 0) is 70.3 Å². The zero-order chi connectivity index (χ0) is 30.1. The molecule has 1 aliphatic heterocycles. The van der Waals surface area contributed by atoms with Crippen molar-refractivity contribution < 1.29 is 33.3 Å². The van der Waals surface area contributed by atoms with Crippen molar-refractivity contribution in [2.45, 2.75) is 77.7 Å². The highest BCUT2D eigenvalue weighted by Crippen LogP contribution is 2.29. The van der Waals surface area contributed by atoms with E-state index in [-0.39, 0.29) is 17.8 Å². The number of hydrogen-bond acceptors (Lipinski definition) is 10. The average Bonchev–Trinajstić information content (AvgIpc) is 3.29. The van der Waals surface area contributed by atoms with E-state index in [1.807, 2.05) is 20.8 Å². The lowest BCUT2D eigenvalue weighted by Gasteiger charge is -2.26. The van der Waals surface area contributed by atoms with Crippen LogP contribution in [0.3, 0.4) is 0 Å². The van der Waals surface area contributed by atoms with Gasteiger partial charge < -0.3 is 29.6 Å². The van der Waals surface area contributed by atoms with Crippen molar-refractivity contribution >= 4 is 56.0 Å². The molecule has 0 bridgehead atoms. The summed E-state index contributed by atoms with van der Waals surface area (Å²) in [6.45, 7) is 12.0. The number of aryl methyl sites for hydroxylation is 1. The maximum Gasteiger partial charge on any atom is 0.412 e. The van der Waals surface area contributed by atoms with Gasteiger partial charge >= 0.3 is 12.2 Å². The van der Waals surface area contributed by atoms with E-state index < -0.39 is 29.3 Å². The number of nitrogens with one attached hydrogen (secondary N) is 3. The predicted molar refractivity (Wildman–Crippen MR) is 155 cm³/mol. The van der Waals surface area contributed by atoms with Gasteiger partial charge in [-0.1, -0.05) is 11.3 Å². The summed E-state index contributed by atoms with van der Waals surface area (Å²) < 4.78 is 23.2. The second kappa shape index (κ2) is 14.8. The van der Waals surface area contributed by atoms with Crippen LogP contribution in [0.5, 0.6) is 0 Å². The summed E-state index contributed by atoms with van der Waals surface area (Å²) in [5, 5.41) is 12.3. The zero-order valence-electron chi connectivity index (χ0n) is 24.1. The number of anilines is 2. The molecule has 0 radical (unpaired) electrons. The molecule has 13 nitrogen and oxygen atoms in total. The molecule has 40 heavy (non-hydrogen) atoms. The molecule has 3 amide bonds. The van der Waals surface area contributed by atoms with Gasteiger partial charge in [0, 0.05) is 27.0 Å². The molecule has 1 saturated heterocycles. The molecule has 2 atom stereocenters. The second-order valence-corrected chi connectivity index (χ2v) is 13.1. The van der Waals surface area contributed by atoms with Crippen LogP contribution < -0.4 is 16.0 Å². The van der Waals surface area contributed by atoms with E-state index in [1.54, 1.807) is 45.8 Å². The minimum atomic E-state index is -0.649. The van der Waals surface area contributed by atoms with Crippen LogP contribution in [-0.4, -0.2) is 76.5 Å². The average molecular weight is 648 g/mol. The lowest BCUT2D eigenvalue weighted by Crippen LogP contribution is -2.46. The zero-order valence-corrected chi connectivity index (χ0v) is 26.5. The Morgan fingerprint density at radius 1 is 1.10 bits per heavy atom. The molecule has 3 heterocycles. The number of aromatic nitrogens is 3. The number of carbonyl (C=O) groups is 3. The molecule has 2 aromatic rings. The summed E-state index contributed by atoms with van der Waals surface area (Å²) in [7, 11) is 3.37. The molecule has 0 saturated carbocycles. The fraction of sp³-hybridized carbons (Fsp3) is 0.640. The molecule has 1 fully saturated rings. The standard InChI is InChI=1S/C13H16BrN5O3S.C12H23NO4/c1-13(2,3)22-12(21)18-10-8(17-11(14)23-10)9(20)16-7-5-15-19(4)6-7;1-12(2,3)17-11(14)13-9-6-5-7-16-8-10(9)15-4/h5-6H,1-4H3,(H,16,20)(H,18,21);9-10H,5-8H2,1-4H3,(H,13,14). The minimum absolute atomic E-state index is 0.0441. The molecule has 0 spiro atoms. The van der Waals surface area contributed by atoms with E-state index in [4.69, 9.17) is 18.9 Å². The molecule has 3 rings (SSSR count). The first-order valence-electron chi connectivity index (χ1n) is 12.6. The Morgan fingerprint density at radius 3 is 2.33 bits per heavy atom. The van der Waals surface area contributed by atoms with Crippen molar-refractivity contribution in [3.63, 3.8) is 0 Å². The Labute approximate surface area is 246 Å². The van der Waals surface area contributed by atoms with E-state index in [9.17, 15) is 14.4 Å². The van der Waals surface area contributed by atoms with E-state index in [0.717, 1.165) is 24.2 Å². The van der Waals surface area contributed by atoms with Crippen molar-refractivity contribution in [3.8, 4) is 0 Å². The highest BCUT2D eigenvalue weighted by molar-refractivity contribution is 9.11. The number of hydrogen-bond donors (Lipinski definition) is 3. The van der Waals surface area contributed by atoms with Crippen molar-refractivity contribution in [2.75, 3.05) is 31.0 Å². The van der Waals surface area contributed by atoms with Crippen LogP contribution >= 0.6 is 27.3 Å². The lowest BCUT2D eigenvalue weighted by atomic mass is 10.1. The van der Waals surface area contributed by atoms with Gasteiger partial charge in [0.1, 0.15) is 22.3 Å². The highest BCUT2D eigenvalue weighted by Gasteiger charge is 2.27.